The van der Waals surface area contributed by atoms with Crippen molar-refractivity contribution in [3.8, 4) is 0 Å². The van der Waals surface area contributed by atoms with Gasteiger partial charge in [0.1, 0.15) is 0 Å². The molecule has 100 valence electrons. The standard InChI is InChI=1S/C13H15N3OS2/c17-13(16-11-3-1-5-14-9-11)15-6-8-18-10-12-4-2-7-19-12/h1-5,7,9H,6,8,10H2,(H2,15,16,17). The number of aromatic nitrogens is 1. The summed E-state index contributed by atoms with van der Waals surface area (Å²) in [6.07, 6.45) is 3.29. The Balaban J connectivity index is 1.57. The van der Waals surface area contributed by atoms with E-state index in [4.69, 9.17) is 0 Å². The van der Waals surface area contributed by atoms with Crippen molar-refractivity contribution in [2.75, 3.05) is 17.6 Å². The first-order chi connectivity index (χ1) is 9.34. The molecule has 2 N–H and O–H groups in total. The third kappa shape index (κ3) is 5.32. The maximum Gasteiger partial charge on any atom is 0.319 e. The molecule has 2 aromatic rings. The van der Waals surface area contributed by atoms with Crippen LogP contribution in [0.3, 0.4) is 0 Å². The molecule has 0 atom stereocenters. The van der Waals surface area contributed by atoms with Gasteiger partial charge < -0.3 is 10.6 Å². The smallest absolute Gasteiger partial charge is 0.319 e. The number of hydrogen-bond donors (Lipinski definition) is 2. The number of urea groups is 1. The van der Waals surface area contributed by atoms with Crippen molar-refractivity contribution in [3.05, 3.63) is 46.9 Å². The topological polar surface area (TPSA) is 54.0 Å². The Morgan fingerprint density at radius 1 is 1.37 bits per heavy atom. The minimum absolute atomic E-state index is 0.190. The molecule has 0 spiro atoms. The summed E-state index contributed by atoms with van der Waals surface area (Å²) in [7, 11) is 0. The number of anilines is 1. The summed E-state index contributed by atoms with van der Waals surface area (Å²) in [5.74, 6) is 1.90. The second kappa shape index (κ2) is 7.81. The van der Waals surface area contributed by atoms with Gasteiger partial charge in [-0.05, 0) is 23.6 Å². The first kappa shape index (κ1) is 13.9. The van der Waals surface area contributed by atoms with Crippen molar-refractivity contribution < 1.29 is 4.79 Å². The van der Waals surface area contributed by atoms with Crippen LogP contribution in [0.2, 0.25) is 0 Å². The zero-order valence-corrected chi connectivity index (χ0v) is 12.0. The van der Waals surface area contributed by atoms with Gasteiger partial charge in [0.05, 0.1) is 11.9 Å². The van der Waals surface area contributed by atoms with Crippen LogP contribution in [0.15, 0.2) is 42.0 Å². The second-order valence-electron chi connectivity index (χ2n) is 3.75. The number of carbonyl (C=O) groups excluding carboxylic acids is 1. The van der Waals surface area contributed by atoms with Crippen molar-refractivity contribution >= 4 is 34.8 Å². The lowest BCUT2D eigenvalue weighted by atomic mass is 10.4. The first-order valence-corrected chi connectivity index (χ1v) is 7.93. The molecule has 0 bridgehead atoms. The number of amides is 2. The van der Waals surface area contributed by atoms with Crippen molar-refractivity contribution in [2.24, 2.45) is 0 Å². The zero-order valence-electron chi connectivity index (χ0n) is 10.3. The van der Waals surface area contributed by atoms with E-state index >= 15 is 0 Å². The average molecular weight is 293 g/mol. The predicted octanol–water partition coefficient (Wildman–Crippen LogP) is 3.20. The maximum absolute atomic E-state index is 11.5. The molecule has 2 amide bonds. The Morgan fingerprint density at radius 3 is 3.05 bits per heavy atom. The predicted molar refractivity (Wildman–Crippen MR) is 81.7 cm³/mol. The number of carbonyl (C=O) groups is 1. The van der Waals surface area contributed by atoms with E-state index in [1.54, 1.807) is 35.9 Å². The fraction of sp³-hybridized carbons (Fsp3) is 0.231. The molecule has 0 saturated heterocycles. The summed E-state index contributed by atoms with van der Waals surface area (Å²) in [6, 6.07) is 7.58. The summed E-state index contributed by atoms with van der Waals surface area (Å²) in [6.45, 7) is 0.655. The number of rotatable bonds is 6. The molecule has 2 aromatic heterocycles. The van der Waals surface area contributed by atoms with Crippen LogP contribution in [-0.4, -0.2) is 23.3 Å². The van der Waals surface area contributed by atoms with Gasteiger partial charge in [0, 0.05) is 29.1 Å². The van der Waals surface area contributed by atoms with Gasteiger partial charge in [-0.1, -0.05) is 6.07 Å². The van der Waals surface area contributed by atoms with Crippen LogP contribution in [0.25, 0.3) is 0 Å². The van der Waals surface area contributed by atoms with E-state index in [-0.39, 0.29) is 6.03 Å². The van der Waals surface area contributed by atoms with Crippen molar-refractivity contribution in [2.45, 2.75) is 5.75 Å². The molecular weight excluding hydrogens is 278 g/mol. The van der Waals surface area contributed by atoms with Gasteiger partial charge in [0.2, 0.25) is 0 Å². The fourth-order valence-electron chi connectivity index (χ4n) is 1.42. The van der Waals surface area contributed by atoms with E-state index in [0.717, 1.165) is 11.5 Å². The summed E-state index contributed by atoms with van der Waals surface area (Å²) >= 11 is 3.58. The van der Waals surface area contributed by atoms with Crippen LogP contribution in [-0.2, 0) is 5.75 Å². The van der Waals surface area contributed by atoms with Crippen LogP contribution < -0.4 is 10.6 Å². The van der Waals surface area contributed by atoms with Gasteiger partial charge in [-0.25, -0.2) is 4.79 Å². The molecule has 19 heavy (non-hydrogen) atoms. The summed E-state index contributed by atoms with van der Waals surface area (Å²) in [4.78, 5) is 16.8. The summed E-state index contributed by atoms with van der Waals surface area (Å²) in [5.41, 5.74) is 0.700. The number of thioether (sulfide) groups is 1. The minimum Gasteiger partial charge on any atom is -0.337 e. The lowest BCUT2D eigenvalue weighted by Gasteiger charge is -2.06. The van der Waals surface area contributed by atoms with Crippen LogP contribution >= 0.6 is 23.1 Å². The van der Waals surface area contributed by atoms with Gasteiger partial charge in [0.15, 0.2) is 0 Å². The molecule has 0 aliphatic rings. The molecule has 0 radical (unpaired) electrons. The van der Waals surface area contributed by atoms with Gasteiger partial charge in [-0.15, -0.1) is 11.3 Å². The maximum atomic E-state index is 11.5. The Hall–Kier alpha value is -1.53. The molecule has 2 rings (SSSR count). The molecule has 0 saturated carbocycles. The fourth-order valence-corrected chi connectivity index (χ4v) is 3.12. The molecule has 0 unspecified atom stereocenters. The first-order valence-electron chi connectivity index (χ1n) is 5.89. The molecular formula is C13H15N3OS2. The van der Waals surface area contributed by atoms with E-state index in [9.17, 15) is 4.79 Å². The van der Waals surface area contributed by atoms with Crippen molar-refractivity contribution in [1.82, 2.24) is 10.3 Å². The van der Waals surface area contributed by atoms with E-state index in [1.165, 1.54) is 4.88 Å². The average Bonchev–Trinajstić information content (AvgIpc) is 2.92. The quantitative estimate of drug-likeness (QED) is 0.804. The Bertz CT molecular complexity index is 488. The molecule has 4 nitrogen and oxygen atoms in total. The van der Waals surface area contributed by atoms with Crippen LogP contribution in [0.1, 0.15) is 4.88 Å². The number of thiophene rings is 1. The van der Waals surface area contributed by atoms with Gasteiger partial charge in [-0.2, -0.15) is 11.8 Å². The van der Waals surface area contributed by atoms with Crippen LogP contribution in [0, 0.1) is 0 Å². The summed E-state index contributed by atoms with van der Waals surface area (Å²) in [5, 5.41) is 7.62. The lowest BCUT2D eigenvalue weighted by molar-refractivity contribution is 0.252. The van der Waals surface area contributed by atoms with Crippen molar-refractivity contribution in [3.63, 3.8) is 0 Å². The van der Waals surface area contributed by atoms with E-state index in [0.29, 0.717) is 12.2 Å². The third-order valence-corrected chi connectivity index (χ3v) is 4.34. The molecule has 0 fully saturated rings. The van der Waals surface area contributed by atoms with E-state index < -0.39 is 0 Å². The van der Waals surface area contributed by atoms with Crippen molar-refractivity contribution in [1.29, 1.82) is 0 Å². The zero-order chi connectivity index (χ0) is 13.3. The largest absolute Gasteiger partial charge is 0.337 e. The highest BCUT2D eigenvalue weighted by Gasteiger charge is 2.00. The minimum atomic E-state index is -0.190. The Labute approximate surface area is 120 Å². The monoisotopic (exact) mass is 293 g/mol. The highest BCUT2D eigenvalue weighted by atomic mass is 32.2. The molecule has 0 aliphatic carbocycles. The van der Waals surface area contributed by atoms with Gasteiger partial charge >= 0.3 is 6.03 Å². The Morgan fingerprint density at radius 2 is 2.32 bits per heavy atom. The highest BCUT2D eigenvalue weighted by Crippen LogP contribution is 2.16. The highest BCUT2D eigenvalue weighted by molar-refractivity contribution is 7.98. The van der Waals surface area contributed by atoms with E-state index in [1.807, 2.05) is 11.8 Å². The SMILES string of the molecule is O=C(NCCSCc1cccs1)Nc1cccnc1. The molecule has 0 aliphatic heterocycles. The number of hydrogen-bond acceptors (Lipinski definition) is 4. The summed E-state index contributed by atoms with van der Waals surface area (Å²) < 4.78 is 0. The second-order valence-corrected chi connectivity index (χ2v) is 5.89. The molecule has 0 aromatic carbocycles. The third-order valence-electron chi connectivity index (χ3n) is 2.28. The lowest BCUT2D eigenvalue weighted by Crippen LogP contribution is -2.30. The number of nitrogens with one attached hydrogen (secondary N) is 2. The normalized spacial score (nSPS) is 10.1. The van der Waals surface area contributed by atoms with Gasteiger partial charge in [0.25, 0.3) is 0 Å². The number of pyridine rings is 1. The number of nitrogens with zero attached hydrogens (tertiary/aromatic N) is 1. The van der Waals surface area contributed by atoms with Crippen LogP contribution in [0.5, 0.6) is 0 Å². The molecule has 6 heteroatoms. The van der Waals surface area contributed by atoms with E-state index in [2.05, 4.69) is 33.1 Å². The van der Waals surface area contributed by atoms with Gasteiger partial charge in [-0.3, -0.25) is 4.98 Å². The molecule has 2 heterocycles. The van der Waals surface area contributed by atoms with Crippen LogP contribution in [0.4, 0.5) is 10.5 Å². The Kier molecular flexibility index (Phi) is 5.71.